The van der Waals surface area contributed by atoms with Gasteiger partial charge in [0, 0.05) is 0 Å². The van der Waals surface area contributed by atoms with Gasteiger partial charge in [-0.2, -0.15) is 0 Å². The van der Waals surface area contributed by atoms with E-state index >= 15 is 0 Å². The number of benzene rings is 1. The number of ether oxygens (including phenoxy) is 2. The monoisotopic (exact) mass is 277 g/mol. The van der Waals surface area contributed by atoms with E-state index in [0.717, 1.165) is 43.7 Å². The van der Waals surface area contributed by atoms with Crippen LogP contribution < -0.4 is 10.1 Å². The lowest BCUT2D eigenvalue weighted by atomic mass is 9.77. The summed E-state index contributed by atoms with van der Waals surface area (Å²) in [6.07, 6.45) is 2.58. The molecule has 0 atom stereocenters. The molecular formula is C16H23NO3. The first-order chi connectivity index (χ1) is 9.70. The van der Waals surface area contributed by atoms with Gasteiger partial charge >= 0.3 is 5.97 Å². The van der Waals surface area contributed by atoms with Crippen LogP contribution in [0.3, 0.4) is 0 Å². The molecule has 4 nitrogen and oxygen atoms in total. The van der Waals surface area contributed by atoms with E-state index < -0.39 is 0 Å². The molecule has 1 aromatic rings. The molecule has 0 unspecified atom stereocenters. The molecule has 0 amide bonds. The lowest BCUT2D eigenvalue weighted by molar-refractivity contribution is -0.159. The standard InChI is InChI=1S/C16H23NO3/c1-3-16(8-10-17-11-9-16)15(18)20-12-13-4-6-14(19-2)7-5-13/h4-7,17H,3,8-12H2,1-2H3. The van der Waals surface area contributed by atoms with Gasteiger partial charge in [-0.25, -0.2) is 0 Å². The number of hydrogen-bond donors (Lipinski definition) is 1. The van der Waals surface area contributed by atoms with Crippen molar-refractivity contribution in [1.29, 1.82) is 0 Å². The van der Waals surface area contributed by atoms with E-state index in [9.17, 15) is 4.79 Å². The lowest BCUT2D eigenvalue weighted by Gasteiger charge is -2.34. The number of methoxy groups -OCH3 is 1. The third kappa shape index (κ3) is 3.31. The zero-order valence-electron chi connectivity index (χ0n) is 12.3. The molecule has 0 radical (unpaired) electrons. The topological polar surface area (TPSA) is 47.6 Å². The number of nitrogens with one attached hydrogen (secondary N) is 1. The molecule has 0 bridgehead atoms. The Labute approximate surface area is 120 Å². The van der Waals surface area contributed by atoms with E-state index in [-0.39, 0.29) is 11.4 Å². The molecule has 1 N–H and O–H groups in total. The zero-order valence-corrected chi connectivity index (χ0v) is 12.3. The average molecular weight is 277 g/mol. The van der Waals surface area contributed by atoms with Gasteiger partial charge in [-0.15, -0.1) is 0 Å². The number of carbonyl (C=O) groups is 1. The van der Waals surface area contributed by atoms with Gasteiger partial charge in [-0.1, -0.05) is 19.1 Å². The van der Waals surface area contributed by atoms with E-state index in [1.54, 1.807) is 7.11 Å². The molecule has 1 aliphatic rings. The first-order valence-electron chi connectivity index (χ1n) is 7.21. The van der Waals surface area contributed by atoms with Crippen molar-refractivity contribution in [2.45, 2.75) is 32.8 Å². The summed E-state index contributed by atoms with van der Waals surface area (Å²) >= 11 is 0. The number of esters is 1. The highest BCUT2D eigenvalue weighted by molar-refractivity contribution is 5.77. The average Bonchev–Trinajstić information content (AvgIpc) is 2.53. The second kappa shape index (κ2) is 6.75. The fourth-order valence-electron chi connectivity index (χ4n) is 2.63. The minimum atomic E-state index is -0.294. The SMILES string of the molecule is CCC1(C(=O)OCc2ccc(OC)cc2)CCNCC1. The number of carbonyl (C=O) groups excluding carboxylic acids is 1. The summed E-state index contributed by atoms with van der Waals surface area (Å²) in [5.74, 6) is 0.751. The molecular weight excluding hydrogens is 254 g/mol. The Morgan fingerprint density at radius 1 is 1.25 bits per heavy atom. The van der Waals surface area contributed by atoms with E-state index in [1.807, 2.05) is 24.3 Å². The highest BCUT2D eigenvalue weighted by Crippen LogP contribution is 2.34. The van der Waals surface area contributed by atoms with E-state index in [4.69, 9.17) is 9.47 Å². The summed E-state index contributed by atoms with van der Waals surface area (Å²) in [7, 11) is 1.64. The molecule has 1 heterocycles. The van der Waals surface area contributed by atoms with Crippen LogP contribution in [0.25, 0.3) is 0 Å². The van der Waals surface area contributed by atoms with E-state index in [2.05, 4.69) is 12.2 Å². The van der Waals surface area contributed by atoms with Gasteiger partial charge in [0.25, 0.3) is 0 Å². The predicted molar refractivity (Wildman–Crippen MR) is 77.6 cm³/mol. The molecule has 2 rings (SSSR count). The molecule has 1 aliphatic heterocycles. The Bertz CT molecular complexity index is 436. The summed E-state index contributed by atoms with van der Waals surface area (Å²) in [6, 6.07) is 7.60. The van der Waals surface area contributed by atoms with Crippen LogP contribution in [0.4, 0.5) is 0 Å². The van der Waals surface area contributed by atoms with Gasteiger partial charge in [0.15, 0.2) is 0 Å². The maximum absolute atomic E-state index is 12.4. The summed E-state index contributed by atoms with van der Waals surface area (Å²) < 4.78 is 10.6. The minimum absolute atomic E-state index is 0.0580. The number of rotatable bonds is 5. The predicted octanol–water partition coefficient (Wildman–Crippen LogP) is 2.52. The fourth-order valence-corrected chi connectivity index (χ4v) is 2.63. The van der Waals surface area contributed by atoms with Crippen LogP contribution in [0, 0.1) is 5.41 Å². The molecule has 0 aliphatic carbocycles. The van der Waals surface area contributed by atoms with Crippen LogP contribution in [0.1, 0.15) is 31.7 Å². The first kappa shape index (κ1) is 14.9. The molecule has 0 saturated carbocycles. The van der Waals surface area contributed by atoms with Crippen molar-refractivity contribution in [2.24, 2.45) is 5.41 Å². The van der Waals surface area contributed by atoms with Crippen molar-refractivity contribution in [3.05, 3.63) is 29.8 Å². The molecule has 0 spiro atoms. The van der Waals surface area contributed by atoms with Crippen LogP contribution >= 0.6 is 0 Å². The summed E-state index contributed by atoms with van der Waals surface area (Å²) in [5, 5.41) is 3.29. The van der Waals surface area contributed by atoms with Crippen molar-refractivity contribution in [3.8, 4) is 5.75 Å². The van der Waals surface area contributed by atoms with Crippen LogP contribution in [0.15, 0.2) is 24.3 Å². The molecule has 1 aromatic carbocycles. The van der Waals surface area contributed by atoms with E-state index in [0.29, 0.717) is 6.61 Å². The summed E-state index contributed by atoms with van der Waals surface area (Å²) in [4.78, 5) is 12.4. The van der Waals surface area contributed by atoms with Crippen LogP contribution in [0.5, 0.6) is 5.75 Å². The van der Waals surface area contributed by atoms with Gasteiger partial charge in [0.1, 0.15) is 12.4 Å². The Balaban J connectivity index is 1.93. The zero-order chi connectivity index (χ0) is 14.4. The second-order valence-electron chi connectivity index (χ2n) is 5.31. The highest BCUT2D eigenvalue weighted by Gasteiger charge is 2.39. The van der Waals surface area contributed by atoms with Crippen molar-refractivity contribution in [3.63, 3.8) is 0 Å². The summed E-state index contributed by atoms with van der Waals surface area (Å²) in [5.41, 5.74) is 0.692. The van der Waals surface area contributed by atoms with Crippen LogP contribution in [-0.4, -0.2) is 26.2 Å². The maximum Gasteiger partial charge on any atom is 0.312 e. The molecule has 1 fully saturated rings. The summed E-state index contributed by atoms with van der Waals surface area (Å²) in [6.45, 7) is 4.19. The quantitative estimate of drug-likeness (QED) is 0.840. The van der Waals surface area contributed by atoms with E-state index in [1.165, 1.54) is 0 Å². The Morgan fingerprint density at radius 3 is 2.45 bits per heavy atom. The van der Waals surface area contributed by atoms with Gasteiger partial charge in [0.05, 0.1) is 12.5 Å². The van der Waals surface area contributed by atoms with Crippen molar-refractivity contribution >= 4 is 5.97 Å². The number of piperidine rings is 1. The van der Waals surface area contributed by atoms with Crippen molar-refractivity contribution < 1.29 is 14.3 Å². The Kier molecular flexibility index (Phi) is 5.01. The largest absolute Gasteiger partial charge is 0.497 e. The van der Waals surface area contributed by atoms with Gasteiger partial charge in [0.2, 0.25) is 0 Å². The first-order valence-corrected chi connectivity index (χ1v) is 7.21. The van der Waals surface area contributed by atoms with Crippen molar-refractivity contribution in [1.82, 2.24) is 5.32 Å². The molecule has 0 aromatic heterocycles. The minimum Gasteiger partial charge on any atom is -0.497 e. The van der Waals surface area contributed by atoms with Crippen LogP contribution in [0.2, 0.25) is 0 Å². The van der Waals surface area contributed by atoms with Gasteiger partial charge in [-0.05, 0) is 50.0 Å². The second-order valence-corrected chi connectivity index (χ2v) is 5.31. The Hall–Kier alpha value is -1.55. The van der Waals surface area contributed by atoms with Gasteiger partial charge < -0.3 is 14.8 Å². The normalized spacial score (nSPS) is 17.5. The molecule has 4 heteroatoms. The molecule has 20 heavy (non-hydrogen) atoms. The maximum atomic E-state index is 12.4. The third-order valence-corrected chi connectivity index (χ3v) is 4.20. The molecule has 110 valence electrons. The smallest absolute Gasteiger partial charge is 0.312 e. The third-order valence-electron chi connectivity index (χ3n) is 4.20. The van der Waals surface area contributed by atoms with Crippen molar-refractivity contribution in [2.75, 3.05) is 20.2 Å². The fraction of sp³-hybridized carbons (Fsp3) is 0.562. The Morgan fingerprint density at radius 2 is 1.90 bits per heavy atom. The lowest BCUT2D eigenvalue weighted by Crippen LogP contribution is -2.42. The number of hydrogen-bond acceptors (Lipinski definition) is 4. The van der Waals surface area contributed by atoms with Gasteiger partial charge in [-0.3, -0.25) is 4.79 Å². The highest BCUT2D eigenvalue weighted by atomic mass is 16.5. The molecule has 1 saturated heterocycles. The van der Waals surface area contributed by atoms with Crippen LogP contribution in [-0.2, 0) is 16.1 Å².